The van der Waals surface area contributed by atoms with Crippen molar-refractivity contribution >= 4 is 22.7 Å². The molecule has 0 spiro atoms. The van der Waals surface area contributed by atoms with Gasteiger partial charge in [-0.05, 0) is 43.9 Å². The fourth-order valence-corrected chi connectivity index (χ4v) is 3.58. The number of nitrogens with zero attached hydrogens (tertiary/aromatic N) is 3. The highest BCUT2D eigenvalue weighted by Gasteiger charge is 2.20. The van der Waals surface area contributed by atoms with E-state index in [1.807, 2.05) is 30.3 Å². The highest BCUT2D eigenvalue weighted by molar-refractivity contribution is 5.67. The minimum atomic E-state index is -0.312. The van der Waals surface area contributed by atoms with Crippen LogP contribution >= 0.6 is 0 Å². The average molecular weight is 354 g/mol. The van der Waals surface area contributed by atoms with E-state index < -0.39 is 0 Å². The summed E-state index contributed by atoms with van der Waals surface area (Å²) in [6.45, 7) is 4.19. The maximum Gasteiger partial charge on any atom is 0.292 e. The number of rotatable bonds is 3. The lowest BCUT2D eigenvalue weighted by Gasteiger charge is -2.19. The van der Waals surface area contributed by atoms with Crippen LogP contribution < -0.4 is 15.5 Å². The van der Waals surface area contributed by atoms with Gasteiger partial charge in [-0.15, -0.1) is 0 Å². The van der Waals surface area contributed by atoms with E-state index in [4.69, 9.17) is 5.73 Å². The minimum absolute atomic E-state index is 0.217. The molecule has 2 aromatic rings. The SMILES string of the molecule is Nc1ccccc1N1CCCC1.O=[N+]([O-])c1ccccc1N1CCCC1. The van der Waals surface area contributed by atoms with Crippen molar-refractivity contribution in [3.05, 3.63) is 58.6 Å². The van der Waals surface area contributed by atoms with Crippen LogP contribution in [0.5, 0.6) is 0 Å². The molecule has 0 amide bonds. The number of nitrogens with two attached hydrogens (primary N) is 1. The molecule has 2 fully saturated rings. The highest BCUT2D eigenvalue weighted by atomic mass is 16.6. The van der Waals surface area contributed by atoms with Crippen LogP contribution in [0.25, 0.3) is 0 Å². The molecule has 2 aliphatic rings. The fourth-order valence-electron chi connectivity index (χ4n) is 3.58. The van der Waals surface area contributed by atoms with Crippen molar-refractivity contribution in [3.63, 3.8) is 0 Å². The third-order valence-corrected chi connectivity index (χ3v) is 4.91. The summed E-state index contributed by atoms with van der Waals surface area (Å²) in [5.41, 5.74) is 8.94. The molecule has 0 aliphatic carbocycles. The van der Waals surface area contributed by atoms with Gasteiger partial charge in [0.2, 0.25) is 0 Å². The summed E-state index contributed by atoms with van der Waals surface area (Å²) >= 11 is 0. The predicted molar refractivity (Wildman–Crippen MR) is 107 cm³/mol. The number of para-hydroxylation sites is 4. The summed E-state index contributed by atoms with van der Waals surface area (Å²) in [5.74, 6) is 0. The highest BCUT2D eigenvalue weighted by Crippen LogP contribution is 2.30. The standard InChI is InChI=1S/C10H12N2O2.C10H14N2/c13-12(14)10-6-2-1-5-9(10)11-7-3-4-8-11;11-9-5-1-2-6-10(9)12-7-3-4-8-12/h1-2,5-6H,3-4,7-8H2;1-2,5-6H,3-4,7-8,11H2. The van der Waals surface area contributed by atoms with E-state index in [1.165, 1.54) is 18.5 Å². The summed E-state index contributed by atoms with van der Waals surface area (Å²) in [7, 11) is 0. The topological polar surface area (TPSA) is 75.6 Å². The summed E-state index contributed by atoms with van der Waals surface area (Å²) in [6.07, 6.45) is 4.86. The second-order valence-corrected chi connectivity index (χ2v) is 6.69. The van der Waals surface area contributed by atoms with E-state index in [9.17, 15) is 10.1 Å². The zero-order valence-corrected chi connectivity index (χ0v) is 15.0. The van der Waals surface area contributed by atoms with Gasteiger partial charge in [0.15, 0.2) is 0 Å². The van der Waals surface area contributed by atoms with Crippen molar-refractivity contribution < 1.29 is 4.92 Å². The zero-order valence-electron chi connectivity index (χ0n) is 15.0. The molecule has 2 aromatic carbocycles. The van der Waals surface area contributed by atoms with Crippen molar-refractivity contribution in [2.24, 2.45) is 0 Å². The molecule has 2 saturated heterocycles. The molecule has 2 N–H and O–H groups in total. The van der Waals surface area contributed by atoms with Gasteiger partial charge in [-0.3, -0.25) is 10.1 Å². The van der Waals surface area contributed by atoms with Crippen LogP contribution in [0.1, 0.15) is 25.7 Å². The molecule has 0 atom stereocenters. The van der Waals surface area contributed by atoms with E-state index in [1.54, 1.807) is 12.1 Å². The van der Waals surface area contributed by atoms with E-state index >= 15 is 0 Å². The Kier molecular flexibility index (Phi) is 5.94. The monoisotopic (exact) mass is 354 g/mol. The summed E-state index contributed by atoms with van der Waals surface area (Å²) in [4.78, 5) is 14.9. The quantitative estimate of drug-likeness (QED) is 0.511. The number of benzene rings is 2. The molecule has 0 aromatic heterocycles. The van der Waals surface area contributed by atoms with Crippen molar-refractivity contribution in [2.45, 2.75) is 25.7 Å². The van der Waals surface area contributed by atoms with Crippen LogP contribution in [0.3, 0.4) is 0 Å². The maximum atomic E-state index is 10.8. The van der Waals surface area contributed by atoms with Crippen LogP contribution in [0.15, 0.2) is 48.5 Å². The lowest BCUT2D eigenvalue weighted by molar-refractivity contribution is -0.384. The van der Waals surface area contributed by atoms with Crippen molar-refractivity contribution in [1.82, 2.24) is 0 Å². The first-order chi connectivity index (χ1) is 12.7. The summed E-state index contributed by atoms with van der Waals surface area (Å²) < 4.78 is 0. The van der Waals surface area contributed by atoms with Gasteiger partial charge in [-0.2, -0.15) is 0 Å². The average Bonchev–Trinajstić information content (AvgIpc) is 3.37. The molecule has 2 heterocycles. The van der Waals surface area contributed by atoms with Gasteiger partial charge in [0.1, 0.15) is 5.69 Å². The van der Waals surface area contributed by atoms with Gasteiger partial charge in [0, 0.05) is 32.2 Å². The molecule has 6 heteroatoms. The lowest BCUT2D eigenvalue weighted by Crippen LogP contribution is -2.18. The fraction of sp³-hybridized carbons (Fsp3) is 0.400. The van der Waals surface area contributed by atoms with Gasteiger partial charge in [0.05, 0.1) is 16.3 Å². The van der Waals surface area contributed by atoms with E-state index in [2.05, 4.69) is 15.9 Å². The Bertz CT molecular complexity index is 738. The second kappa shape index (κ2) is 8.56. The molecule has 6 nitrogen and oxygen atoms in total. The Labute approximate surface area is 154 Å². The van der Waals surface area contributed by atoms with Gasteiger partial charge < -0.3 is 15.5 Å². The largest absolute Gasteiger partial charge is 0.397 e. The van der Waals surface area contributed by atoms with E-state index in [0.29, 0.717) is 0 Å². The van der Waals surface area contributed by atoms with Gasteiger partial charge in [0.25, 0.3) is 5.69 Å². The van der Waals surface area contributed by atoms with Crippen molar-refractivity contribution in [2.75, 3.05) is 41.7 Å². The van der Waals surface area contributed by atoms with Crippen molar-refractivity contribution in [1.29, 1.82) is 0 Å². The Hall–Kier alpha value is -2.76. The number of hydrogen-bond donors (Lipinski definition) is 1. The van der Waals surface area contributed by atoms with Crippen LogP contribution in [0, 0.1) is 10.1 Å². The Balaban J connectivity index is 0.000000152. The molecule has 0 bridgehead atoms. The first kappa shape index (κ1) is 18.0. The molecule has 26 heavy (non-hydrogen) atoms. The van der Waals surface area contributed by atoms with Crippen LogP contribution in [-0.4, -0.2) is 31.1 Å². The van der Waals surface area contributed by atoms with E-state index in [0.717, 1.165) is 50.4 Å². The lowest BCUT2D eigenvalue weighted by atomic mass is 10.2. The van der Waals surface area contributed by atoms with Crippen LogP contribution in [0.4, 0.5) is 22.7 Å². The van der Waals surface area contributed by atoms with E-state index in [-0.39, 0.29) is 10.6 Å². The predicted octanol–water partition coefficient (Wildman–Crippen LogP) is 4.06. The number of hydrogen-bond acceptors (Lipinski definition) is 5. The molecule has 0 radical (unpaired) electrons. The van der Waals surface area contributed by atoms with Gasteiger partial charge in [-0.25, -0.2) is 0 Å². The molecule has 4 rings (SSSR count). The second-order valence-electron chi connectivity index (χ2n) is 6.69. The Morgan fingerprint density at radius 3 is 1.77 bits per heavy atom. The number of nitro benzene ring substituents is 1. The first-order valence-electron chi connectivity index (χ1n) is 9.24. The number of anilines is 3. The van der Waals surface area contributed by atoms with Crippen molar-refractivity contribution in [3.8, 4) is 0 Å². The Morgan fingerprint density at radius 2 is 1.23 bits per heavy atom. The smallest absolute Gasteiger partial charge is 0.292 e. The zero-order chi connectivity index (χ0) is 18.4. The first-order valence-corrected chi connectivity index (χ1v) is 9.24. The molecular weight excluding hydrogens is 328 g/mol. The molecular formula is C20H26N4O2. The maximum absolute atomic E-state index is 10.8. The number of nitro groups is 1. The molecule has 2 aliphatic heterocycles. The van der Waals surface area contributed by atoms with Crippen LogP contribution in [-0.2, 0) is 0 Å². The third kappa shape index (κ3) is 4.25. The van der Waals surface area contributed by atoms with Gasteiger partial charge in [-0.1, -0.05) is 24.3 Å². The minimum Gasteiger partial charge on any atom is -0.397 e. The number of nitrogen functional groups attached to an aromatic ring is 1. The molecule has 0 unspecified atom stereocenters. The van der Waals surface area contributed by atoms with Crippen LogP contribution in [0.2, 0.25) is 0 Å². The third-order valence-electron chi connectivity index (χ3n) is 4.91. The molecule has 138 valence electrons. The summed E-state index contributed by atoms with van der Waals surface area (Å²) in [5, 5.41) is 10.8. The molecule has 0 saturated carbocycles. The normalized spacial score (nSPS) is 16.3. The summed E-state index contributed by atoms with van der Waals surface area (Å²) in [6, 6.07) is 15.0. The van der Waals surface area contributed by atoms with Gasteiger partial charge >= 0.3 is 0 Å². The Morgan fingerprint density at radius 1 is 0.769 bits per heavy atom.